The average Bonchev–Trinajstić information content (AvgIpc) is 2.81. The molecular weight excluding hydrogens is 434 g/mol. The van der Waals surface area contributed by atoms with Gasteiger partial charge in [0.05, 0.1) is 0 Å². The van der Waals surface area contributed by atoms with Crippen molar-refractivity contribution in [2.75, 3.05) is 6.16 Å². The van der Waals surface area contributed by atoms with Crippen molar-refractivity contribution < 1.29 is 0 Å². The summed E-state index contributed by atoms with van der Waals surface area (Å²) in [6.07, 6.45) is 1.19. The van der Waals surface area contributed by atoms with Crippen LogP contribution in [0.5, 0.6) is 0 Å². The highest BCUT2D eigenvalue weighted by Gasteiger charge is 2.25. The molecule has 0 amide bonds. The summed E-state index contributed by atoms with van der Waals surface area (Å²) >= 11 is 0. The molecule has 0 aliphatic carbocycles. The highest BCUT2D eigenvalue weighted by Crippen LogP contribution is 2.46. The number of hydrogen-bond acceptors (Lipinski definition) is 0. The van der Waals surface area contributed by atoms with Crippen LogP contribution in [-0.2, 0) is 0 Å². The summed E-state index contributed by atoms with van der Waals surface area (Å²) in [6, 6.07) is 37.0. The predicted molar refractivity (Wildman–Crippen MR) is 151 cm³/mol. The lowest BCUT2D eigenvalue weighted by Crippen LogP contribution is -2.25. The molecule has 1 atom stereocenters. The predicted octanol–water partition coefficient (Wildman–Crippen LogP) is 6.87. The average molecular weight is 469 g/mol. The molecule has 33 heavy (non-hydrogen) atoms. The summed E-state index contributed by atoms with van der Waals surface area (Å²) in [5.74, 6) is 0. The third-order valence-electron chi connectivity index (χ3n) is 6.20. The third kappa shape index (κ3) is 6.00. The molecule has 4 aromatic carbocycles. The Labute approximate surface area is 202 Å². The summed E-state index contributed by atoms with van der Waals surface area (Å²) in [5.41, 5.74) is 5.87. The maximum atomic E-state index is 2.48. The van der Waals surface area contributed by atoms with Gasteiger partial charge in [0, 0.05) is 0 Å². The Morgan fingerprint density at radius 1 is 0.455 bits per heavy atom. The van der Waals surface area contributed by atoms with Crippen molar-refractivity contribution in [1.82, 2.24) is 0 Å². The fourth-order valence-electron chi connectivity index (χ4n) is 4.22. The van der Waals surface area contributed by atoms with E-state index in [2.05, 4.69) is 132 Å². The molecule has 168 valence electrons. The van der Waals surface area contributed by atoms with Gasteiger partial charge in [0.2, 0.25) is 0 Å². The first-order valence-electron chi connectivity index (χ1n) is 11.7. The molecule has 0 bridgehead atoms. The molecule has 4 aromatic rings. The highest BCUT2D eigenvalue weighted by atomic mass is 31.1. The fourth-order valence-corrected chi connectivity index (χ4v) is 9.89. The number of hydrogen-bond donors (Lipinski definition) is 0. The molecule has 0 aliphatic heterocycles. The Hall–Kier alpha value is -2.26. The van der Waals surface area contributed by atoms with Crippen molar-refractivity contribution in [2.24, 2.45) is 0 Å². The fraction of sp³-hybridized carbons (Fsp3) is 0.226. The zero-order valence-electron chi connectivity index (χ0n) is 20.4. The Bertz CT molecular complexity index is 1070. The minimum absolute atomic E-state index is 0.424. The maximum absolute atomic E-state index is 2.48. The Morgan fingerprint density at radius 3 is 1.03 bits per heavy atom. The molecule has 0 unspecified atom stereocenters. The van der Waals surface area contributed by atoms with Crippen molar-refractivity contribution in [3.63, 3.8) is 0 Å². The van der Waals surface area contributed by atoms with Crippen molar-refractivity contribution in [2.45, 2.75) is 40.3 Å². The van der Waals surface area contributed by atoms with Crippen LogP contribution in [0.4, 0.5) is 0 Å². The van der Waals surface area contributed by atoms with Crippen molar-refractivity contribution in [3.05, 3.63) is 119 Å². The van der Waals surface area contributed by atoms with Gasteiger partial charge in [0.1, 0.15) is 0 Å². The first kappa shape index (κ1) is 23.9. The Kier molecular flexibility index (Phi) is 7.80. The Balaban J connectivity index is 1.73. The smallest absolute Gasteiger partial charge is 0.0112 e. The summed E-state index contributed by atoms with van der Waals surface area (Å²) in [5, 5.41) is 5.92. The number of benzene rings is 4. The van der Waals surface area contributed by atoms with E-state index in [0.29, 0.717) is 5.66 Å². The first-order chi connectivity index (χ1) is 15.9. The van der Waals surface area contributed by atoms with Crippen molar-refractivity contribution in [1.29, 1.82) is 0 Å². The van der Waals surface area contributed by atoms with Gasteiger partial charge in [-0.1, -0.05) is 126 Å². The molecular formula is C31H34P2. The minimum atomic E-state index is -0.446. The quantitative estimate of drug-likeness (QED) is 0.260. The third-order valence-corrected chi connectivity index (χ3v) is 12.0. The lowest BCUT2D eigenvalue weighted by atomic mass is 10.2. The zero-order chi connectivity index (χ0) is 23.4. The van der Waals surface area contributed by atoms with Crippen LogP contribution in [0.3, 0.4) is 0 Å². The largest absolute Gasteiger partial charge is 0.0587 e. The maximum Gasteiger partial charge on any atom is -0.0112 e. The SMILES string of the molecule is Cc1ccc(P(C[C@@H](C)P(c2ccc(C)cc2)c2ccc(C)cc2)c2ccc(C)cc2)cc1. The summed E-state index contributed by atoms with van der Waals surface area (Å²) in [7, 11) is -0.871. The lowest BCUT2D eigenvalue weighted by molar-refractivity contribution is 1.11. The summed E-state index contributed by atoms with van der Waals surface area (Å²) < 4.78 is 0. The van der Waals surface area contributed by atoms with Crippen LogP contribution in [0.15, 0.2) is 97.1 Å². The molecule has 0 fully saturated rings. The van der Waals surface area contributed by atoms with Gasteiger partial charge in [-0.3, -0.25) is 0 Å². The van der Waals surface area contributed by atoms with E-state index < -0.39 is 15.8 Å². The van der Waals surface area contributed by atoms with Crippen LogP contribution in [0.2, 0.25) is 0 Å². The number of aryl methyl sites for hydroxylation is 4. The standard InChI is InChI=1S/C31H34P2/c1-23-6-14-28(15-7-23)32(29-16-8-24(2)9-17-29)22-27(5)33(30-18-10-25(3)11-19-30)31-20-12-26(4)13-21-31/h6-21,27H,22H2,1-5H3/t27-/m1/s1. The van der Waals surface area contributed by atoms with E-state index in [1.165, 1.54) is 49.6 Å². The molecule has 2 heteroatoms. The monoisotopic (exact) mass is 468 g/mol. The van der Waals surface area contributed by atoms with Crippen LogP contribution >= 0.6 is 15.8 Å². The minimum Gasteiger partial charge on any atom is -0.0587 e. The van der Waals surface area contributed by atoms with Gasteiger partial charge in [-0.2, -0.15) is 0 Å². The normalized spacial score (nSPS) is 12.3. The van der Waals surface area contributed by atoms with Gasteiger partial charge < -0.3 is 0 Å². The van der Waals surface area contributed by atoms with Gasteiger partial charge in [-0.25, -0.2) is 0 Å². The van der Waals surface area contributed by atoms with Gasteiger partial charge in [0.25, 0.3) is 0 Å². The van der Waals surface area contributed by atoms with Gasteiger partial charge in [-0.05, 0) is 76.6 Å². The molecule has 0 heterocycles. The van der Waals surface area contributed by atoms with Crippen LogP contribution < -0.4 is 21.2 Å². The highest BCUT2D eigenvalue weighted by molar-refractivity contribution is 7.77. The molecule has 0 N–H and O–H groups in total. The zero-order valence-corrected chi connectivity index (χ0v) is 22.2. The molecule has 4 rings (SSSR count). The van der Waals surface area contributed by atoms with Gasteiger partial charge in [-0.15, -0.1) is 0 Å². The van der Waals surface area contributed by atoms with E-state index >= 15 is 0 Å². The van der Waals surface area contributed by atoms with E-state index in [9.17, 15) is 0 Å². The van der Waals surface area contributed by atoms with Crippen LogP contribution in [0, 0.1) is 27.7 Å². The van der Waals surface area contributed by atoms with Crippen LogP contribution in [0.1, 0.15) is 29.2 Å². The van der Waals surface area contributed by atoms with E-state index in [-0.39, 0.29) is 0 Å². The second-order valence-corrected chi connectivity index (χ2v) is 14.1. The first-order valence-corrected chi connectivity index (χ1v) is 14.7. The van der Waals surface area contributed by atoms with E-state index in [1.54, 1.807) is 0 Å². The van der Waals surface area contributed by atoms with E-state index in [1.807, 2.05) is 0 Å². The van der Waals surface area contributed by atoms with Crippen LogP contribution in [0.25, 0.3) is 0 Å². The number of rotatable bonds is 7. The van der Waals surface area contributed by atoms with E-state index in [0.717, 1.165) is 0 Å². The molecule has 0 nitrogen and oxygen atoms in total. The van der Waals surface area contributed by atoms with Crippen LogP contribution in [-0.4, -0.2) is 11.8 Å². The molecule has 0 aromatic heterocycles. The van der Waals surface area contributed by atoms with Gasteiger partial charge in [0.15, 0.2) is 0 Å². The topological polar surface area (TPSA) is 0 Å². The van der Waals surface area contributed by atoms with E-state index in [4.69, 9.17) is 0 Å². The molecule has 0 spiro atoms. The summed E-state index contributed by atoms with van der Waals surface area (Å²) in [6.45, 7) is 11.2. The van der Waals surface area contributed by atoms with Gasteiger partial charge >= 0.3 is 0 Å². The van der Waals surface area contributed by atoms with Crippen molar-refractivity contribution >= 4 is 37.1 Å². The Morgan fingerprint density at radius 2 is 0.727 bits per heavy atom. The van der Waals surface area contributed by atoms with Crippen molar-refractivity contribution in [3.8, 4) is 0 Å². The lowest BCUT2D eigenvalue weighted by Gasteiger charge is -2.30. The molecule has 0 saturated carbocycles. The second kappa shape index (κ2) is 10.8. The molecule has 0 radical (unpaired) electrons. The second-order valence-electron chi connectivity index (χ2n) is 9.17. The summed E-state index contributed by atoms with van der Waals surface area (Å²) in [4.78, 5) is 0. The molecule has 0 saturated heterocycles. The molecule has 0 aliphatic rings.